The average molecular weight is 136 g/mol. The van der Waals surface area contributed by atoms with Crippen molar-refractivity contribution in [3.8, 4) is 0 Å². The summed E-state index contributed by atoms with van der Waals surface area (Å²) in [6, 6.07) is 0. The number of carbonyl (C=O) groups excluding carboxylic acids is 1. The van der Waals surface area contributed by atoms with Crippen LogP contribution in [0.15, 0.2) is 0 Å². The molecule has 0 unspecified atom stereocenters. The summed E-state index contributed by atoms with van der Waals surface area (Å²) in [5, 5.41) is 0. The van der Waals surface area contributed by atoms with E-state index in [1.54, 1.807) is 0 Å². The first-order chi connectivity index (χ1) is 3.98. The number of esters is 1. The topological polar surface area (TPSA) is 35.5 Å². The predicted octanol–water partition coefficient (Wildman–Crippen LogP) is 1.19. The summed E-state index contributed by atoms with van der Waals surface area (Å²) in [6.45, 7) is 3.78. The van der Waals surface area contributed by atoms with Gasteiger partial charge >= 0.3 is 5.97 Å². The van der Waals surface area contributed by atoms with Gasteiger partial charge in [-0.3, -0.25) is 4.79 Å². The highest BCUT2D eigenvalue weighted by atomic mass is 19.3. The van der Waals surface area contributed by atoms with Gasteiger partial charge in [0.15, 0.2) is 0 Å². The standard InChI is InChI=1S/C5H9FO3/c1-4(7)8-5(2,3)9-6/h1-3H3. The number of hydrogen-bond donors (Lipinski definition) is 0. The van der Waals surface area contributed by atoms with Crippen molar-refractivity contribution in [2.24, 2.45) is 0 Å². The molecule has 0 aromatic rings. The highest BCUT2D eigenvalue weighted by Crippen LogP contribution is 2.10. The van der Waals surface area contributed by atoms with E-state index in [1.807, 2.05) is 0 Å². The maximum atomic E-state index is 11.4. The Kier molecular flexibility index (Phi) is 2.58. The van der Waals surface area contributed by atoms with Crippen molar-refractivity contribution in [1.29, 1.82) is 0 Å². The molecule has 4 heteroatoms. The zero-order chi connectivity index (χ0) is 7.49. The molecule has 0 aromatic carbocycles. The molecular weight excluding hydrogens is 127 g/mol. The molecule has 0 radical (unpaired) electrons. The first-order valence-electron chi connectivity index (χ1n) is 2.47. The minimum Gasteiger partial charge on any atom is -0.431 e. The van der Waals surface area contributed by atoms with E-state index < -0.39 is 11.8 Å². The van der Waals surface area contributed by atoms with E-state index in [1.165, 1.54) is 20.8 Å². The number of rotatable bonds is 2. The molecule has 54 valence electrons. The van der Waals surface area contributed by atoms with E-state index in [4.69, 9.17) is 0 Å². The second kappa shape index (κ2) is 2.77. The highest BCUT2D eigenvalue weighted by molar-refractivity contribution is 5.66. The van der Waals surface area contributed by atoms with E-state index >= 15 is 0 Å². The minimum atomic E-state index is -1.45. The fraction of sp³-hybridized carbons (Fsp3) is 0.800. The van der Waals surface area contributed by atoms with Gasteiger partial charge in [0.2, 0.25) is 5.79 Å². The number of ether oxygens (including phenoxy) is 1. The molecule has 0 aliphatic rings. The van der Waals surface area contributed by atoms with Crippen molar-refractivity contribution in [3.05, 3.63) is 0 Å². The van der Waals surface area contributed by atoms with E-state index in [9.17, 15) is 9.32 Å². The second-order valence-corrected chi connectivity index (χ2v) is 2.07. The third kappa shape index (κ3) is 3.90. The van der Waals surface area contributed by atoms with Crippen LogP contribution in [-0.2, 0) is 14.5 Å². The Bertz CT molecular complexity index is 111. The zero-order valence-corrected chi connectivity index (χ0v) is 5.60. The van der Waals surface area contributed by atoms with Crippen molar-refractivity contribution in [3.63, 3.8) is 0 Å². The van der Waals surface area contributed by atoms with Gasteiger partial charge in [-0.15, -0.1) is 4.94 Å². The average Bonchev–Trinajstić information content (AvgIpc) is 1.63. The van der Waals surface area contributed by atoms with Crippen LogP contribution < -0.4 is 0 Å². The Morgan fingerprint density at radius 1 is 1.56 bits per heavy atom. The Hall–Kier alpha value is -0.640. The van der Waals surface area contributed by atoms with Gasteiger partial charge in [-0.1, -0.05) is 0 Å². The van der Waals surface area contributed by atoms with Crippen LogP contribution in [0.1, 0.15) is 20.8 Å². The molecule has 3 nitrogen and oxygen atoms in total. The molecule has 0 amide bonds. The molecule has 0 aliphatic heterocycles. The number of halogens is 1. The Morgan fingerprint density at radius 3 is 2.11 bits per heavy atom. The maximum absolute atomic E-state index is 11.4. The summed E-state index contributed by atoms with van der Waals surface area (Å²) >= 11 is 0. The van der Waals surface area contributed by atoms with Crippen LogP contribution in [0, 0.1) is 0 Å². The van der Waals surface area contributed by atoms with Gasteiger partial charge in [-0.05, 0) is 4.53 Å². The van der Waals surface area contributed by atoms with Crippen molar-refractivity contribution < 1.29 is 19.0 Å². The van der Waals surface area contributed by atoms with Crippen LogP contribution in [0.3, 0.4) is 0 Å². The molecular formula is C5H9FO3. The second-order valence-electron chi connectivity index (χ2n) is 2.07. The first-order valence-corrected chi connectivity index (χ1v) is 2.47. The van der Waals surface area contributed by atoms with Crippen LogP contribution in [0.4, 0.5) is 4.53 Å². The molecule has 0 bridgehead atoms. The van der Waals surface area contributed by atoms with E-state index in [0.29, 0.717) is 0 Å². The van der Waals surface area contributed by atoms with E-state index in [0.717, 1.165) is 0 Å². The molecule has 0 rings (SSSR count). The normalized spacial score (nSPS) is 11.1. The van der Waals surface area contributed by atoms with Crippen LogP contribution in [-0.4, -0.2) is 11.8 Å². The van der Waals surface area contributed by atoms with E-state index in [-0.39, 0.29) is 0 Å². The summed E-state index contributed by atoms with van der Waals surface area (Å²) in [5.41, 5.74) is 0. The third-order valence-corrected chi connectivity index (χ3v) is 0.575. The van der Waals surface area contributed by atoms with Crippen LogP contribution in [0.25, 0.3) is 0 Å². The lowest BCUT2D eigenvalue weighted by Gasteiger charge is -2.17. The highest BCUT2D eigenvalue weighted by Gasteiger charge is 2.22. The number of carbonyl (C=O) groups is 1. The minimum absolute atomic E-state index is 0.572. The van der Waals surface area contributed by atoms with Gasteiger partial charge in [0.1, 0.15) is 0 Å². The predicted molar refractivity (Wildman–Crippen MR) is 28.0 cm³/mol. The third-order valence-electron chi connectivity index (χ3n) is 0.575. The zero-order valence-electron chi connectivity index (χ0n) is 5.60. The molecule has 9 heavy (non-hydrogen) atoms. The fourth-order valence-corrected chi connectivity index (χ4v) is 0.362. The van der Waals surface area contributed by atoms with Gasteiger partial charge in [0, 0.05) is 20.8 Å². The smallest absolute Gasteiger partial charge is 0.305 e. The molecule has 0 aliphatic carbocycles. The lowest BCUT2D eigenvalue weighted by atomic mass is 10.4. The van der Waals surface area contributed by atoms with Gasteiger partial charge in [-0.2, -0.15) is 0 Å². The summed E-state index contributed by atoms with van der Waals surface area (Å²) < 4.78 is 15.7. The van der Waals surface area contributed by atoms with Crippen LogP contribution in [0.5, 0.6) is 0 Å². The molecule has 0 saturated heterocycles. The van der Waals surface area contributed by atoms with Gasteiger partial charge in [0.05, 0.1) is 0 Å². The largest absolute Gasteiger partial charge is 0.431 e. The molecule has 0 aromatic heterocycles. The lowest BCUT2D eigenvalue weighted by Crippen LogP contribution is -2.27. The number of hydrogen-bond acceptors (Lipinski definition) is 3. The summed E-state index contributed by atoms with van der Waals surface area (Å²) in [6.07, 6.45) is 0. The van der Waals surface area contributed by atoms with E-state index in [2.05, 4.69) is 9.68 Å². The van der Waals surface area contributed by atoms with Crippen LogP contribution >= 0.6 is 0 Å². The fourth-order valence-electron chi connectivity index (χ4n) is 0.362. The lowest BCUT2D eigenvalue weighted by molar-refractivity contribution is -0.314. The molecule has 0 fully saturated rings. The van der Waals surface area contributed by atoms with Gasteiger partial charge in [-0.25, -0.2) is 0 Å². The molecule has 0 atom stereocenters. The molecule has 0 spiro atoms. The van der Waals surface area contributed by atoms with Gasteiger partial charge in [0.25, 0.3) is 0 Å². The first kappa shape index (κ1) is 8.36. The van der Waals surface area contributed by atoms with Crippen molar-refractivity contribution >= 4 is 5.97 Å². The molecule has 0 saturated carbocycles. The monoisotopic (exact) mass is 136 g/mol. The van der Waals surface area contributed by atoms with Crippen molar-refractivity contribution in [2.75, 3.05) is 0 Å². The summed E-state index contributed by atoms with van der Waals surface area (Å²) in [4.78, 5) is 13.5. The molecule has 0 heterocycles. The van der Waals surface area contributed by atoms with Crippen molar-refractivity contribution in [2.45, 2.75) is 26.6 Å². The van der Waals surface area contributed by atoms with Crippen molar-refractivity contribution in [1.82, 2.24) is 0 Å². The summed E-state index contributed by atoms with van der Waals surface area (Å²) in [7, 11) is 0. The van der Waals surface area contributed by atoms with Crippen LogP contribution in [0.2, 0.25) is 0 Å². The quantitative estimate of drug-likeness (QED) is 0.422. The van der Waals surface area contributed by atoms with Gasteiger partial charge < -0.3 is 4.74 Å². The SMILES string of the molecule is CC(=O)OC(C)(C)OF. The Morgan fingerprint density at radius 2 is 2.00 bits per heavy atom. The maximum Gasteiger partial charge on any atom is 0.305 e. The molecule has 0 N–H and O–H groups in total. The Labute approximate surface area is 52.7 Å². The Balaban J connectivity index is 3.71. The summed E-state index contributed by atoms with van der Waals surface area (Å²) in [5.74, 6) is -2.02.